The first-order chi connectivity index (χ1) is 6.65. The number of carbonyl (C=O) groups excluding carboxylic acids is 1. The lowest BCUT2D eigenvalue weighted by atomic mass is 10.2. The number of nitrogens with zero attached hydrogens (tertiary/aromatic N) is 2. The zero-order chi connectivity index (χ0) is 10.3. The number of hydrogen-bond acceptors (Lipinski definition) is 5. The van der Waals surface area contributed by atoms with Gasteiger partial charge in [0.05, 0.1) is 25.3 Å². The fourth-order valence-corrected chi connectivity index (χ4v) is 1.70. The summed E-state index contributed by atoms with van der Waals surface area (Å²) in [5.74, 6) is 0.277. The minimum atomic E-state index is -0.380. The highest BCUT2D eigenvalue weighted by Crippen LogP contribution is 2.36. The molecule has 2 rings (SSSR count). The van der Waals surface area contributed by atoms with Crippen molar-refractivity contribution in [3.8, 4) is 0 Å². The maximum absolute atomic E-state index is 11.3. The molecule has 0 saturated heterocycles. The molecule has 0 bridgehead atoms. The molecule has 0 aromatic carbocycles. The third kappa shape index (κ3) is 1.03. The number of nitrogen functional groups attached to an aromatic ring is 1. The van der Waals surface area contributed by atoms with Crippen LogP contribution in [0.4, 0.5) is 10.7 Å². The fourth-order valence-electron chi connectivity index (χ4n) is 1.70. The van der Waals surface area contributed by atoms with Crippen LogP contribution in [0, 0.1) is 0 Å². The molecule has 0 aliphatic carbocycles. The zero-order valence-electron chi connectivity index (χ0n) is 7.98. The van der Waals surface area contributed by atoms with Gasteiger partial charge in [-0.05, 0) is 6.92 Å². The van der Waals surface area contributed by atoms with E-state index < -0.39 is 0 Å². The molecule has 6 heteroatoms. The summed E-state index contributed by atoms with van der Waals surface area (Å²) in [6.07, 6.45) is -0.380. The first-order valence-corrected chi connectivity index (χ1v) is 4.23. The summed E-state index contributed by atoms with van der Waals surface area (Å²) in [4.78, 5) is 12.9. The van der Waals surface area contributed by atoms with E-state index >= 15 is 0 Å². The van der Waals surface area contributed by atoms with Gasteiger partial charge in [0, 0.05) is 0 Å². The quantitative estimate of drug-likeness (QED) is 0.668. The van der Waals surface area contributed by atoms with Crippen molar-refractivity contribution in [3.05, 3.63) is 11.3 Å². The van der Waals surface area contributed by atoms with Crippen LogP contribution in [0.5, 0.6) is 0 Å². The number of rotatable bonds is 0. The van der Waals surface area contributed by atoms with Crippen LogP contribution in [0.2, 0.25) is 0 Å². The largest absolute Gasteiger partial charge is 0.453 e. The van der Waals surface area contributed by atoms with Crippen LogP contribution >= 0.6 is 0 Å². The summed E-state index contributed by atoms with van der Waals surface area (Å²) in [5.41, 5.74) is 7.07. The maximum Gasteiger partial charge on any atom is 0.410 e. The zero-order valence-corrected chi connectivity index (χ0v) is 7.98. The summed E-state index contributed by atoms with van der Waals surface area (Å²) in [5, 5.41) is 3.76. The molecule has 1 aliphatic heterocycles. The molecule has 2 heterocycles. The van der Waals surface area contributed by atoms with Crippen molar-refractivity contribution < 1.29 is 14.1 Å². The van der Waals surface area contributed by atoms with Gasteiger partial charge in [-0.15, -0.1) is 0 Å². The summed E-state index contributed by atoms with van der Waals surface area (Å²) in [6, 6.07) is -0.135. The van der Waals surface area contributed by atoms with Gasteiger partial charge in [-0.1, -0.05) is 5.16 Å². The SMILES string of the molecule is COC(=O)N1Cc2noc(N)c2C1C. The van der Waals surface area contributed by atoms with Crippen LogP contribution in [0.25, 0.3) is 0 Å². The van der Waals surface area contributed by atoms with Gasteiger partial charge >= 0.3 is 6.09 Å². The first kappa shape index (κ1) is 8.86. The van der Waals surface area contributed by atoms with Crippen LogP contribution in [0.3, 0.4) is 0 Å². The molecule has 76 valence electrons. The Morgan fingerprint density at radius 2 is 2.50 bits per heavy atom. The molecule has 1 amide bonds. The highest BCUT2D eigenvalue weighted by Gasteiger charge is 2.36. The highest BCUT2D eigenvalue weighted by molar-refractivity contribution is 5.70. The number of ether oxygens (including phenoxy) is 1. The van der Waals surface area contributed by atoms with Crippen LogP contribution in [0.1, 0.15) is 24.2 Å². The Morgan fingerprint density at radius 1 is 1.79 bits per heavy atom. The molecule has 14 heavy (non-hydrogen) atoms. The van der Waals surface area contributed by atoms with Crippen molar-refractivity contribution in [1.82, 2.24) is 10.1 Å². The number of nitrogens with two attached hydrogens (primary N) is 1. The third-order valence-electron chi connectivity index (χ3n) is 2.45. The lowest BCUT2D eigenvalue weighted by Gasteiger charge is -2.19. The second-order valence-corrected chi connectivity index (χ2v) is 3.18. The lowest BCUT2D eigenvalue weighted by Crippen LogP contribution is -2.28. The predicted octanol–water partition coefficient (Wildman–Crippen LogP) is 0.900. The predicted molar refractivity (Wildman–Crippen MR) is 47.3 cm³/mol. The minimum Gasteiger partial charge on any atom is -0.453 e. The molecule has 2 N–H and O–H groups in total. The monoisotopic (exact) mass is 197 g/mol. The van der Waals surface area contributed by atoms with E-state index in [0.29, 0.717) is 12.2 Å². The Bertz CT molecular complexity index is 374. The first-order valence-electron chi connectivity index (χ1n) is 4.23. The number of amides is 1. The Morgan fingerprint density at radius 3 is 3.07 bits per heavy atom. The van der Waals surface area contributed by atoms with Crippen LogP contribution in [-0.2, 0) is 11.3 Å². The number of hydrogen-bond donors (Lipinski definition) is 1. The van der Waals surface area contributed by atoms with E-state index in [9.17, 15) is 4.79 Å². The smallest absolute Gasteiger partial charge is 0.410 e. The van der Waals surface area contributed by atoms with Gasteiger partial charge in [0.2, 0.25) is 5.88 Å². The molecule has 0 fully saturated rings. The van der Waals surface area contributed by atoms with E-state index in [1.54, 1.807) is 4.90 Å². The molecule has 0 saturated carbocycles. The fraction of sp³-hybridized carbons (Fsp3) is 0.500. The van der Waals surface area contributed by atoms with Crippen molar-refractivity contribution in [2.45, 2.75) is 19.5 Å². The summed E-state index contributed by atoms with van der Waals surface area (Å²) in [7, 11) is 1.35. The standard InChI is InChI=1S/C8H11N3O3/c1-4-6-5(10-14-7(6)9)3-11(4)8(12)13-2/h4H,3,9H2,1-2H3. The second-order valence-electron chi connectivity index (χ2n) is 3.18. The van der Waals surface area contributed by atoms with E-state index in [-0.39, 0.29) is 18.0 Å². The lowest BCUT2D eigenvalue weighted by molar-refractivity contribution is 0.110. The van der Waals surface area contributed by atoms with Gasteiger partial charge in [-0.2, -0.15) is 0 Å². The number of methoxy groups -OCH3 is 1. The number of anilines is 1. The molecule has 1 aromatic rings. The number of aromatic nitrogens is 1. The number of fused-ring (bicyclic) bond motifs is 1. The van der Waals surface area contributed by atoms with E-state index in [4.69, 9.17) is 10.3 Å². The molecule has 0 radical (unpaired) electrons. The molecule has 0 spiro atoms. The highest BCUT2D eigenvalue weighted by atomic mass is 16.5. The molecule has 1 atom stereocenters. The molecule has 1 aliphatic rings. The number of carbonyl (C=O) groups is 1. The Balaban J connectivity index is 2.30. The second kappa shape index (κ2) is 2.90. The van der Waals surface area contributed by atoms with Gasteiger partial charge in [0.25, 0.3) is 0 Å². The van der Waals surface area contributed by atoms with Crippen molar-refractivity contribution >= 4 is 12.0 Å². The van der Waals surface area contributed by atoms with Gasteiger partial charge in [-0.3, -0.25) is 4.90 Å². The molecular formula is C8H11N3O3. The van der Waals surface area contributed by atoms with Crippen molar-refractivity contribution in [1.29, 1.82) is 0 Å². The molecular weight excluding hydrogens is 186 g/mol. The van der Waals surface area contributed by atoms with Gasteiger partial charge in [0.1, 0.15) is 5.69 Å². The summed E-state index contributed by atoms with van der Waals surface area (Å²) >= 11 is 0. The maximum atomic E-state index is 11.3. The van der Waals surface area contributed by atoms with Crippen molar-refractivity contribution in [2.75, 3.05) is 12.8 Å². The van der Waals surface area contributed by atoms with Gasteiger partial charge < -0.3 is 15.0 Å². The summed E-state index contributed by atoms with van der Waals surface area (Å²) < 4.78 is 9.45. The Kier molecular flexibility index (Phi) is 1.83. The van der Waals surface area contributed by atoms with Crippen LogP contribution in [-0.4, -0.2) is 23.3 Å². The molecule has 1 aromatic heterocycles. The average molecular weight is 197 g/mol. The average Bonchev–Trinajstić information content (AvgIpc) is 2.68. The van der Waals surface area contributed by atoms with E-state index in [1.807, 2.05) is 6.92 Å². The van der Waals surface area contributed by atoms with Crippen LogP contribution in [0.15, 0.2) is 4.52 Å². The molecule has 6 nitrogen and oxygen atoms in total. The van der Waals surface area contributed by atoms with E-state index in [1.165, 1.54) is 7.11 Å². The summed E-state index contributed by atoms with van der Waals surface area (Å²) in [6.45, 7) is 2.25. The Hall–Kier alpha value is -1.72. The third-order valence-corrected chi connectivity index (χ3v) is 2.45. The normalized spacial score (nSPS) is 19.6. The Labute approximate surface area is 80.6 Å². The van der Waals surface area contributed by atoms with E-state index in [0.717, 1.165) is 5.56 Å². The molecule has 1 unspecified atom stereocenters. The van der Waals surface area contributed by atoms with E-state index in [2.05, 4.69) is 9.89 Å². The van der Waals surface area contributed by atoms with Crippen molar-refractivity contribution in [2.24, 2.45) is 0 Å². The minimum absolute atomic E-state index is 0.135. The van der Waals surface area contributed by atoms with Crippen molar-refractivity contribution in [3.63, 3.8) is 0 Å². The topological polar surface area (TPSA) is 81.6 Å². The van der Waals surface area contributed by atoms with Crippen LogP contribution < -0.4 is 5.73 Å². The van der Waals surface area contributed by atoms with Gasteiger partial charge in [0.15, 0.2) is 0 Å². The van der Waals surface area contributed by atoms with Gasteiger partial charge in [-0.25, -0.2) is 4.79 Å².